The molecule has 1 amide bonds. The number of methoxy groups -OCH3 is 1. The lowest BCUT2D eigenvalue weighted by Gasteiger charge is -2.35. The molecule has 28 heavy (non-hydrogen) atoms. The number of aromatic nitrogens is 2. The van der Waals surface area contributed by atoms with E-state index in [0.29, 0.717) is 31.9 Å². The van der Waals surface area contributed by atoms with E-state index in [2.05, 4.69) is 10.3 Å². The molecule has 0 aliphatic carbocycles. The molecule has 3 aromatic rings. The Bertz CT molecular complexity index is 992. The summed E-state index contributed by atoms with van der Waals surface area (Å²) in [6.45, 7) is 0.919. The van der Waals surface area contributed by atoms with Crippen molar-refractivity contribution >= 4 is 11.4 Å². The number of rotatable bonds is 5. The van der Waals surface area contributed by atoms with E-state index in [0.717, 1.165) is 22.5 Å². The fourth-order valence-corrected chi connectivity index (χ4v) is 3.69. The second-order valence-corrected chi connectivity index (χ2v) is 7.01. The van der Waals surface area contributed by atoms with Gasteiger partial charge in [-0.2, -0.15) is 4.40 Å². The Morgan fingerprint density at radius 3 is 2.75 bits per heavy atom. The topological polar surface area (TPSA) is 87.7 Å². The number of nitrogens with zero attached hydrogens (tertiary/aromatic N) is 1. The van der Waals surface area contributed by atoms with E-state index in [1.807, 2.05) is 53.1 Å². The van der Waals surface area contributed by atoms with Crippen LogP contribution < -0.4 is 14.5 Å². The van der Waals surface area contributed by atoms with Gasteiger partial charge in [0.15, 0.2) is 11.2 Å². The van der Waals surface area contributed by atoms with Crippen LogP contribution in [0.2, 0.25) is 0 Å². The van der Waals surface area contributed by atoms with Crippen molar-refractivity contribution in [3.05, 3.63) is 54.5 Å². The van der Waals surface area contributed by atoms with Crippen LogP contribution in [0.1, 0.15) is 23.5 Å². The first-order valence-electron chi connectivity index (χ1n) is 9.34. The first kappa shape index (κ1) is 18.5. The van der Waals surface area contributed by atoms with E-state index in [9.17, 15) is 9.90 Å². The van der Waals surface area contributed by atoms with E-state index in [1.54, 1.807) is 7.11 Å². The van der Waals surface area contributed by atoms with Crippen molar-refractivity contribution in [1.82, 2.24) is 10.3 Å². The van der Waals surface area contributed by atoms with E-state index in [4.69, 9.17) is 9.47 Å². The van der Waals surface area contributed by atoms with Crippen LogP contribution in [0.4, 0.5) is 0 Å². The number of aromatic amines is 1. The van der Waals surface area contributed by atoms with Crippen LogP contribution in [-0.2, 0) is 4.74 Å². The molecule has 4 rings (SSSR count). The van der Waals surface area contributed by atoms with Gasteiger partial charge in [-0.05, 0) is 37.1 Å². The fraction of sp³-hybridized carbons (Fsp3) is 0.333. The molecule has 0 bridgehead atoms. The number of para-hydroxylation sites is 1. The highest BCUT2D eigenvalue weighted by molar-refractivity contribution is 5.92. The van der Waals surface area contributed by atoms with Gasteiger partial charge >= 0.3 is 11.7 Å². The molecule has 0 unspecified atom stereocenters. The second-order valence-electron chi connectivity index (χ2n) is 7.01. The van der Waals surface area contributed by atoms with Crippen LogP contribution in [0, 0.1) is 0 Å². The van der Waals surface area contributed by atoms with E-state index in [-0.39, 0.29) is 12.5 Å². The van der Waals surface area contributed by atoms with Gasteiger partial charge < -0.3 is 19.9 Å². The van der Waals surface area contributed by atoms with Crippen LogP contribution in [-0.4, -0.2) is 48.5 Å². The van der Waals surface area contributed by atoms with Crippen molar-refractivity contribution in [2.24, 2.45) is 0 Å². The largest absolute Gasteiger partial charge is 0.496 e. The highest BCUT2D eigenvalue weighted by Gasteiger charge is 2.37. The summed E-state index contributed by atoms with van der Waals surface area (Å²) in [7, 11) is 1.63. The van der Waals surface area contributed by atoms with Crippen molar-refractivity contribution in [3.63, 3.8) is 0 Å². The average Bonchev–Trinajstić information content (AvgIpc) is 3.14. The third-order valence-corrected chi connectivity index (χ3v) is 5.32. The average molecular weight is 382 g/mol. The minimum atomic E-state index is -0.660. The summed E-state index contributed by atoms with van der Waals surface area (Å²) in [4.78, 5) is 16.4. The molecule has 1 aliphatic rings. The Morgan fingerprint density at radius 1 is 1.25 bits per heavy atom. The van der Waals surface area contributed by atoms with Gasteiger partial charge in [-0.15, -0.1) is 0 Å². The molecular weight excluding hydrogens is 358 g/mol. The zero-order valence-corrected chi connectivity index (χ0v) is 15.8. The molecule has 146 valence electrons. The van der Waals surface area contributed by atoms with E-state index in [1.165, 1.54) is 0 Å². The van der Waals surface area contributed by atoms with Crippen LogP contribution in [0.5, 0.6) is 5.75 Å². The van der Waals surface area contributed by atoms with Crippen molar-refractivity contribution in [3.8, 4) is 17.0 Å². The summed E-state index contributed by atoms with van der Waals surface area (Å²) < 4.78 is 12.7. The lowest BCUT2D eigenvalue weighted by Crippen LogP contribution is -2.55. The van der Waals surface area contributed by atoms with Gasteiger partial charge in [-0.3, -0.25) is 4.79 Å². The predicted molar refractivity (Wildman–Crippen MR) is 103 cm³/mol. The van der Waals surface area contributed by atoms with Gasteiger partial charge in [0.2, 0.25) is 0 Å². The number of pyridine rings is 1. The summed E-state index contributed by atoms with van der Waals surface area (Å²) >= 11 is 0. The van der Waals surface area contributed by atoms with Crippen LogP contribution in [0.25, 0.3) is 16.8 Å². The minimum Gasteiger partial charge on any atom is -0.496 e. The van der Waals surface area contributed by atoms with Gasteiger partial charge in [0, 0.05) is 13.2 Å². The number of ether oxygens (including phenoxy) is 2. The smallest absolute Gasteiger partial charge is 0.351 e. The molecule has 7 nitrogen and oxygen atoms in total. The van der Waals surface area contributed by atoms with Gasteiger partial charge in [0.1, 0.15) is 5.75 Å². The number of aliphatic hydroxyl groups is 1. The Hall–Kier alpha value is -2.90. The van der Waals surface area contributed by atoms with Crippen molar-refractivity contribution < 1.29 is 23.8 Å². The number of aliphatic hydroxyl groups excluding tert-OH is 1. The van der Waals surface area contributed by atoms with Gasteiger partial charge in [0.05, 0.1) is 31.0 Å². The Balaban J connectivity index is 1.77. The SMILES string of the molecule is COc1ccccc1-c1[nH]c(C(=O)NC2(CO)CCOCC2)[n+]2ccccc12. The maximum Gasteiger partial charge on any atom is 0.351 e. The number of benzene rings is 1. The molecule has 0 atom stereocenters. The highest BCUT2D eigenvalue weighted by atomic mass is 16.5. The van der Waals surface area contributed by atoms with Crippen molar-refractivity contribution in [2.75, 3.05) is 26.9 Å². The second kappa shape index (κ2) is 7.61. The Kier molecular flexibility index (Phi) is 5.02. The molecular formula is C21H24N3O4+. The van der Waals surface area contributed by atoms with Crippen LogP contribution >= 0.6 is 0 Å². The number of H-pyrrole nitrogens is 1. The number of amides is 1. The first-order chi connectivity index (χ1) is 13.7. The van der Waals surface area contributed by atoms with Crippen LogP contribution in [0.3, 0.4) is 0 Å². The summed E-state index contributed by atoms with van der Waals surface area (Å²) in [5.41, 5.74) is 1.87. The molecule has 0 spiro atoms. The van der Waals surface area contributed by atoms with Crippen molar-refractivity contribution in [2.45, 2.75) is 18.4 Å². The van der Waals surface area contributed by atoms with Gasteiger partial charge in [0.25, 0.3) is 0 Å². The predicted octanol–water partition coefficient (Wildman–Crippen LogP) is 1.70. The number of fused-ring (bicyclic) bond motifs is 1. The quantitative estimate of drug-likeness (QED) is 0.586. The molecule has 1 aromatic carbocycles. The number of hydrogen-bond acceptors (Lipinski definition) is 4. The maximum atomic E-state index is 13.1. The highest BCUT2D eigenvalue weighted by Crippen LogP contribution is 2.31. The lowest BCUT2D eigenvalue weighted by molar-refractivity contribution is -0.514. The molecule has 3 N–H and O–H groups in total. The minimum absolute atomic E-state index is 0.120. The molecule has 1 aliphatic heterocycles. The summed E-state index contributed by atoms with van der Waals surface area (Å²) in [5.74, 6) is 0.854. The van der Waals surface area contributed by atoms with Crippen molar-refractivity contribution in [1.29, 1.82) is 0 Å². The summed E-state index contributed by atoms with van der Waals surface area (Å²) in [6.07, 6.45) is 3.01. The molecule has 0 saturated carbocycles. The molecule has 7 heteroatoms. The van der Waals surface area contributed by atoms with Crippen LogP contribution in [0.15, 0.2) is 48.7 Å². The molecule has 1 fully saturated rings. The molecule has 3 heterocycles. The summed E-state index contributed by atoms with van der Waals surface area (Å²) in [6, 6.07) is 13.4. The number of nitrogens with one attached hydrogen (secondary N) is 2. The first-order valence-corrected chi connectivity index (χ1v) is 9.34. The molecule has 0 radical (unpaired) electrons. The lowest BCUT2D eigenvalue weighted by atomic mass is 9.91. The number of imidazole rings is 1. The normalized spacial score (nSPS) is 16.1. The molecule has 1 saturated heterocycles. The Morgan fingerprint density at radius 2 is 2.00 bits per heavy atom. The fourth-order valence-electron chi connectivity index (χ4n) is 3.69. The standard InChI is InChI=1S/C21H23N3O4/c1-27-17-8-3-2-6-15(17)18-16-7-4-5-11-24(16)19(22-18)20(26)23-21(14-25)9-12-28-13-10-21/h2-8,11,25H,9-10,12-14H2,1H3,(H,23,26)/p+1. The van der Waals surface area contributed by atoms with Gasteiger partial charge in [-0.1, -0.05) is 18.2 Å². The Labute approximate surface area is 162 Å². The van der Waals surface area contributed by atoms with Gasteiger partial charge in [-0.25, -0.2) is 4.98 Å². The van der Waals surface area contributed by atoms with E-state index >= 15 is 0 Å². The monoisotopic (exact) mass is 382 g/mol. The zero-order valence-electron chi connectivity index (χ0n) is 15.8. The summed E-state index contributed by atoms with van der Waals surface area (Å²) in [5, 5.41) is 12.9. The number of carbonyl (C=O) groups is 1. The number of carbonyl (C=O) groups excluding carboxylic acids is 1. The van der Waals surface area contributed by atoms with E-state index < -0.39 is 5.54 Å². The number of hydrogen-bond donors (Lipinski definition) is 3. The zero-order chi connectivity index (χ0) is 19.6. The third-order valence-electron chi connectivity index (χ3n) is 5.32. The molecule has 2 aromatic heterocycles. The maximum absolute atomic E-state index is 13.1. The third kappa shape index (κ3) is 3.23.